The van der Waals surface area contributed by atoms with Gasteiger partial charge in [-0.05, 0) is 13.8 Å². The van der Waals surface area contributed by atoms with E-state index in [4.69, 9.17) is 4.74 Å². The van der Waals surface area contributed by atoms with Gasteiger partial charge < -0.3 is 17.1 Å². The van der Waals surface area contributed by atoms with Gasteiger partial charge in [-0.15, -0.1) is 0 Å². The Hall–Kier alpha value is 1.02. The van der Waals surface area contributed by atoms with Crippen LogP contribution in [0.5, 0.6) is 0 Å². The monoisotopic (exact) mass is 216 g/mol. The molecule has 1 fully saturated rings. The van der Waals surface area contributed by atoms with Crippen molar-refractivity contribution in [3.63, 3.8) is 0 Å². The summed E-state index contributed by atoms with van der Waals surface area (Å²) < 4.78 is 5.90. The predicted octanol–water partition coefficient (Wildman–Crippen LogP) is -0.0457. The standard InChI is InChI=1S/C6H11.C4H10O.ClH.Mg/c1-2-4-6-5-3-1;1-3-5-4-2;;/h1H,2-6H2;3-4H2,1-2H3;1H;/q;;;+1/p-1. The van der Waals surface area contributed by atoms with Crippen LogP contribution in [0.25, 0.3) is 0 Å². The first-order chi connectivity index (χ1) is 5.81. The first-order valence-corrected chi connectivity index (χ1v) is 6.03. The van der Waals surface area contributed by atoms with Crippen molar-refractivity contribution in [2.24, 2.45) is 0 Å². The van der Waals surface area contributed by atoms with Crippen LogP contribution < -0.4 is 12.4 Å². The summed E-state index contributed by atoms with van der Waals surface area (Å²) >= 11 is 2.18. The SMILES string of the molecule is CCOCC.[Cl-].[Mg+][CH]1CCCCC1. The molecule has 13 heavy (non-hydrogen) atoms. The fourth-order valence-electron chi connectivity index (χ4n) is 1.39. The summed E-state index contributed by atoms with van der Waals surface area (Å²) in [6, 6.07) is 0. The van der Waals surface area contributed by atoms with Crippen LogP contribution >= 0.6 is 0 Å². The van der Waals surface area contributed by atoms with Gasteiger partial charge in [0.15, 0.2) is 0 Å². The molecule has 1 nitrogen and oxygen atoms in total. The Morgan fingerprint density at radius 2 is 1.54 bits per heavy atom. The zero-order valence-electron chi connectivity index (χ0n) is 9.02. The molecule has 3 heteroatoms. The molecule has 76 valence electrons. The van der Waals surface area contributed by atoms with Crippen LogP contribution in [0.2, 0.25) is 4.05 Å². The van der Waals surface area contributed by atoms with Crippen molar-refractivity contribution in [2.75, 3.05) is 13.2 Å². The first-order valence-electron chi connectivity index (χ1n) is 5.22. The first kappa shape index (κ1) is 16.4. The predicted molar refractivity (Wildman–Crippen MR) is 54.8 cm³/mol. The molecule has 0 aromatic carbocycles. The third-order valence-electron chi connectivity index (χ3n) is 2.13. The molecular formula is C10H21ClMgO. The molecule has 0 aromatic rings. The van der Waals surface area contributed by atoms with Crippen LogP contribution in [0.3, 0.4) is 0 Å². The average Bonchev–Trinajstić information content (AvgIpc) is 2.08. The molecule has 0 aliphatic heterocycles. The maximum absolute atomic E-state index is 4.83. The fraction of sp³-hybridized carbons (Fsp3) is 1.00. The van der Waals surface area contributed by atoms with E-state index in [0.717, 1.165) is 17.3 Å². The van der Waals surface area contributed by atoms with E-state index in [1.54, 1.807) is 0 Å². The van der Waals surface area contributed by atoms with Gasteiger partial charge in [0, 0.05) is 13.2 Å². The molecule has 0 unspecified atom stereocenters. The molecule has 0 radical (unpaired) electrons. The number of hydrogen-bond acceptors (Lipinski definition) is 1. The molecule has 0 amide bonds. The normalized spacial score (nSPS) is 16.9. The molecule has 1 saturated carbocycles. The van der Waals surface area contributed by atoms with Crippen molar-refractivity contribution in [3.05, 3.63) is 0 Å². The Bertz CT molecular complexity index is 83.0. The van der Waals surface area contributed by atoms with E-state index in [1.807, 2.05) is 13.8 Å². The second kappa shape index (κ2) is 13.0. The molecule has 0 atom stereocenters. The van der Waals surface area contributed by atoms with Gasteiger partial charge in [-0.25, -0.2) is 0 Å². The molecule has 0 N–H and O–H groups in total. The summed E-state index contributed by atoms with van der Waals surface area (Å²) in [5.41, 5.74) is 0. The van der Waals surface area contributed by atoms with Crippen molar-refractivity contribution in [3.8, 4) is 0 Å². The number of hydrogen-bond donors (Lipinski definition) is 0. The number of halogens is 1. The number of ether oxygens (including phenoxy) is 1. The minimum atomic E-state index is 0. The van der Waals surface area contributed by atoms with Gasteiger partial charge in [0.05, 0.1) is 0 Å². The van der Waals surface area contributed by atoms with Crippen LogP contribution in [-0.4, -0.2) is 34.9 Å². The van der Waals surface area contributed by atoms with E-state index >= 15 is 0 Å². The summed E-state index contributed by atoms with van der Waals surface area (Å²) in [7, 11) is 0. The zero-order valence-corrected chi connectivity index (χ0v) is 11.2. The van der Waals surface area contributed by atoms with Crippen molar-refractivity contribution in [2.45, 2.75) is 50.0 Å². The summed E-state index contributed by atoms with van der Waals surface area (Å²) in [6.07, 6.45) is 7.48. The zero-order chi connectivity index (χ0) is 9.23. The Balaban J connectivity index is 0. The molecule has 0 aromatic heterocycles. The Labute approximate surface area is 102 Å². The number of rotatable bonds is 2. The van der Waals surface area contributed by atoms with Gasteiger partial charge in [-0.2, -0.15) is 0 Å². The van der Waals surface area contributed by atoms with Crippen LogP contribution in [0.1, 0.15) is 46.0 Å². The van der Waals surface area contributed by atoms with E-state index in [-0.39, 0.29) is 12.4 Å². The molecule has 0 saturated heterocycles. The van der Waals surface area contributed by atoms with Gasteiger partial charge in [0.1, 0.15) is 0 Å². The van der Waals surface area contributed by atoms with Gasteiger partial charge in [-0.3, -0.25) is 0 Å². The molecule has 0 spiro atoms. The fourth-order valence-corrected chi connectivity index (χ4v) is 1.97. The van der Waals surface area contributed by atoms with Crippen LogP contribution in [-0.2, 0) is 4.74 Å². The Morgan fingerprint density at radius 1 is 1.08 bits per heavy atom. The van der Waals surface area contributed by atoms with Gasteiger partial charge in [-0.1, -0.05) is 0 Å². The van der Waals surface area contributed by atoms with E-state index < -0.39 is 0 Å². The van der Waals surface area contributed by atoms with Crippen molar-refractivity contribution >= 4 is 21.7 Å². The van der Waals surface area contributed by atoms with Crippen molar-refractivity contribution in [1.82, 2.24) is 0 Å². The summed E-state index contributed by atoms with van der Waals surface area (Å²) in [5.74, 6) is 0. The topological polar surface area (TPSA) is 9.23 Å². The molecule has 1 rings (SSSR count). The van der Waals surface area contributed by atoms with Crippen molar-refractivity contribution < 1.29 is 17.1 Å². The van der Waals surface area contributed by atoms with E-state index in [0.29, 0.717) is 0 Å². The van der Waals surface area contributed by atoms with Gasteiger partial charge in [0.25, 0.3) is 0 Å². The van der Waals surface area contributed by atoms with Crippen LogP contribution in [0.4, 0.5) is 0 Å². The van der Waals surface area contributed by atoms with E-state index in [9.17, 15) is 0 Å². The van der Waals surface area contributed by atoms with Gasteiger partial charge >= 0.3 is 57.9 Å². The minimum absolute atomic E-state index is 0. The summed E-state index contributed by atoms with van der Waals surface area (Å²) in [5, 5.41) is 0. The second-order valence-electron chi connectivity index (χ2n) is 3.29. The quantitative estimate of drug-likeness (QED) is 0.589. The van der Waals surface area contributed by atoms with Crippen LogP contribution in [0.15, 0.2) is 0 Å². The molecular weight excluding hydrogens is 196 g/mol. The second-order valence-corrected chi connectivity index (χ2v) is 4.44. The van der Waals surface area contributed by atoms with Gasteiger partial charge in [0.2, 0.25) is 0 Å². The molecule has 1 aliphatic carbocycles. The third kappa shape index (κ3) is 13.0. The van der Waals surface area contributed by atoms with Crippen molar-refractivity contribution in [1.29, 1.82) is 0 Å². The maximum atomic E-state index is 4.83. The molecule has 1 aliphatic rings. The Kier molecular flexibility index (Phi) is 16.5. The summed E-state index contributed by atoms with van der Waals surface area (Å²) in [6.45, 7) is 5.67. The third-order valence-corrected chi connectivity index (χ3v) is 2.95. The molecule has 0 heterocycles. The van der Waals surface area contributed by atoms with Crippen LogP contribution in [0, 0.1) is 0 Å². The Morgan fingerprint density at radius 3 is 1.69 bits per heavy atom. The molecule has 0 bridgehead atoms. The summed E-state index contributed by atoms with van der Waals surface area (Å²) in [4.78, 5) is 0. The van der Waals surface area contributed by atoms with E-state index in [1.165, 1.54) is 32.1 Å². The van der Waals surface area contributed by atoms with E-state index in [2.05, 4.69) is 21.7 Å². The average molecular weight is 217 g/mol.